The second kappa shape index (κ2) is 14.3. The van der Waals surface area contributed by atoms with Crippen molar-refractivity contribution in [2.45, 2.75) is 85.0 Å². The Morgan fingerprint density at radius 2 is 1.38 bits per heavy atom. The van der Waals surface area contributed by atoms with Crippen molar-refractivity contribution >= 4 is 5.97 Å². The highest BCUT2D eigenvalue weighted by molar-refractivity contribution is 5.65. The van der Waals surface area contributed by atoms with Gasteiger partial charge in [-0.25, -0.2) is 0 Å². The van der Waals surface area contributed by atoms with Gasteiger partial charge in [0.05, 0.1) is 19.1 Å². The van der Waals surface area contributed by atoms with Gasteiger partial charge < -0.3 is 19.5 Å². The molecule has 0 heterocycles. The van der Waals surface area contributed by atoms with Crippen LogP contribution in [0.4, 0.5) is 0 Å². The summed E-state index contributed by atoms with van der Waals surface area (Å²) in [6, 6.07) is 0. The normalized spacial score (nSPS) is 12.5. The lowest BCUT2D eigenvalue weighted by Crippen LogP contribution is -2.56. The zero-order chi connectivity index (χ0) is 18.3. The summed E-state index contributed by atoms with van der Waals surface area (Å²) in [4.78, 5) is 11.3. The molecule has 0 fully saturated rings. The third-order valence-corrected chi connectivity index (χ3v) is 4.62. The van der Waals surface area contributed by atoms with E-state index in [4.69, 9.17) is 0 Å². The summed E-state index contributed by atoms with van der Waals surface area (Å²) in [5, 5.41) is 21.7. The lowest BCUT2D eigenvalue weighted by Gasteiger charge is -2.39. The van der Waals surface area contributed by atoms with Gasteiger partial charge in [-0.1, -0.05) is 46.5 Å². The fraction of sp³-hybridized carbons (Fsp3) is 0.850. The molecule has 0 aromatic heterocycles. The van der Waals surface area contributed by atoms with Crippen molar-refractivity contribution in [1.29, 1.82) is 0 Å². The van der Waals surface area contributed by atoms with Crippen molar-refractivity contribution in [2.75, 3.05) is 26.2 Å². The number of aliphatic hydroxyl groups excluding tert-OH is 1. The van der Waals surface area contributed by atoms with Gasteiger partial charge in [0.25, 0.3) is 0 Å². The second-order valence-corrected chi connectivity index (χ2v) is 7.08. The fourth-order valence-corrected chi connectivity index (χ4v) is 3.22. The van der Waals surface area contributed by atoms with Gasteiger partial charge in [-0.3, -0.25) is 0 Å². The predicted molar refractivity (Wildman–Crippen MR) is 98.6 cm³/mol. The standard InChI is InChI=1S/C20H39NO3/c1-4-7-10-11-14-19(22)17-21(18-20(23)24,15-12-8-5-2)16-13-9-6-3/h14H,4-13,15-18H2,1-3H3,(H-,22,23,24)/b19-14-. The van der Waals surface area contributed by atoms with Gasteiger partial charge in [-0.15, -0.1) is 0 Å². The summed E-state index contributed by atoms with van der Waals surface area (Å²) in [6.07, 6.45) is 12.6. The van der Waals surface area contributed by atoms with E-state index in [2.05, 4.69) is 20.8 Å². The molecule has 0 rings (SSSR count). The van der Waals surface area contributed by atoms with E-state index in [-0.39, 0.29) is 6.54 Å². The van der Waals surface area contributed by atoms with Crippen LogP contribution in [-0.2, 0) is 4.79 Å². The number of allylic oxidation sites excluding steroid dienone is 1. The van der Waals surface area contributed by atoms with E-state index in [1.807, 2.05) is 6.08 Å². The van der Waals surface area contributed by atoms with Crippen LogP contribution < -0.4 is 5.11 Å². The topological polar surface area (TPSA) is 60.4 Å². The molecular weight excluding hydrogens is 302 g/mol. The molecule has 1 N–H and O–H groups in total. The number of nitrogens with zero attached hydrogens (tertiary/aromatic N) is 1. The van der Waals surface area contributed by atoms with Crippen molar-refractivity contribution in [2.24, 2.45) is 0 Å². The first-order valence-electron chi connectivity index (χ1n) is 9.92. The highest BCUT2D eigenvalue weighted by Gasteiger charge is 2.28. The molecule has 0 saturated carbocycles. The maximum atomic E-state index is 11.3. The van der Waals surface area contributed by atoms with E-state index in [0.29, 0.717) is 16.8 Å². The number of unbranched alkanes of at least 4 members (excludes halogenated alkanes) is 7. The molecule has 0 aliphatic rings. The van der Waals surface area contributed by atoms with E-state index < -0.39 is 5.97 Å². The molecule has 0 aromatic rings. The maximum absolute atomic E-state index is 11.3. The Balaban J connectivity index is 4.94. The van der Waals surface area contributed by atoms with Crippen LogP contribution in [0.5, 0.6) is 0 Å². The van der Waals surface area contributed by atoms with Crippen LogP contribution in [0.25, 0.3) is 0 Å². The molecule has 0 spiro atoms. The van der Waals surface area contributed by atoms with Gasteiger partial charge in [0, 0.05) is 0 Å². The minimum absolute atomic E-state index is 0.000286. The van der Waals surface area contributed by atoms with Crippen molar-refractivity contribution in [3.63, 3.8) is 0 Å². The van der Waals surface area contributed by atoms with E-state index >= 15 is 0 Å². The Kier molecular flexibility index (Phi) is 13.7. The number of aliphatic carboxylic acids is 1. The van der Waals surface area contributed by atoms with Crippen molar-refractivity contribution < 1.29 is 19.5 Å². The number of rotatable bonds is 16. The summed E-state index contributed by atoms with van der Waals surface area (Å²) in [6.45, 7) is 8.49. The number of carboxylic acids is 1. The molecule has 0 radical (unpaired) electrons. The zero-order valence-electron chi connectivity index (χ0n) is 16.2. The number of carboxylic acid groups (broad SMARTS) is 1. The number of carbonyl (C=O) groups excluding carboxylic acids is 1. The molecule has 0 unspecified atom stereocenters. The van der Waals surface area contributed by atoms with Gasteiger partial charge in [-0.2, -0.15) is 0 Å². The number of hydrogen-bond donors (Lipinski definition) is 1. The SMILES string of the molecule is CCCCC/C=C(\O)C[N+](CCCCC)(CCCCC)CC(=O)[O-]. The van der Waals surface area contributed by atoms with E-state index in [0.717, 1.165) is 77.3 Å². The number of hydrogen-bond acceptors (Lipinski definition) is 3. The number of quaternary nitrogens is 1. The minimum Gasteiger partial charge on any atom is -0.544 e. The van der Waals surface area contributed by atoms with Crippen LogP contribution in [0, 0.1) is 0 Å². The molecule has 4 nitrogen and oxygen atoms in total. The third-order valence-electron chi connectivity index (χ3n) is 4.62. The molecule has 142 valence electrons. The molecule has 0 atom stereocenters. The largest absolute Gasteiger partial charge is 0.544 e. The molecule has 24 heavy (non-hydrogen) atoms. The Labute approximate surface area is 149 Å². The van der Waals surface area contributed by atoms with Crippen molar-refractivity contribution in [3.8, 4) is 0 Å². The van der Waals surface area contributed by atoms with Crippen molar-refractivity contribution in [1.82, 2.24) is 0 Å². The Hall–Kier alpha value is -1.03. The van der Waals surface area contributed by atoms with Crippen molar-refractivity contribution in [3.05, 3.63) is 11.8 Å². The fourth-order valence-electron chi connectivity index (χ4n) is 3.22. The number of carbonyl (C=O) groups is 1. The zero-order valence-corrected chi connectivity index (χ0v) is 16.2. The number of aliphatic hydroxyl groups is 1. The summed E-state index contributed by atoms with van der Waals surface area (Å²) in [5.74, 6) is -0.665. The van der Waals surface area contributed by atoms with Gasteiger partial charge in [0.1, 0.15) is 18.8 Å². The molecule has 0 aliphatic heterocycles. The summed E-state index contributed by atoms with van der Waals surface area (Å²) >= 11 is 0. The van der Waals surface area contributed by atoms with Crippen LogP contribution in [0.3, 0.4) is 0 Å². The smallest absolute Gasteiger partial charge is 0.143 e. The first-order chi connectivity index (χ1) is 11.5. The summed E-state index contributed by atoms with van der Waals surface area (Å²) in [5.41, 5.74) is 0. The van der Waals surface area contributed by atoms with Gasteiger partial charge in [0.2, 0.25) is 0 Å². The lowest BCUT2D eigenvalue weighted by atomic mass is 10.1. The van der Waals surface area contributed by atoms with Crippen LogP contribution in [0.2, 0.25) is 0 Å². The Morgan fingerprint density at radius 3 is 1.83 bits per heavy atom. The average molecular weight is 342 g/mol. The molecule has 0 amide bonds. The first kappa shape index (κ1) is 23.0. The lowest BCUT2D eigenvalue weighted by molar-refractivity contribution is -0.920. The van der Waals surface area contributed by atoms with Crippen LogP contribution >= 0.6 is 0 Å². The minimum atomic E-state index is -1.01. The second-order valence-electron chi connectivity index (χ2n) is 7.08. The van der Waals surface area contributed by atoms with E-state index in [1.54, 1.807) is 0 Å². The Morgan fingerprint density at radius 1 is 0.875 bits per heavy atom. The van der Waals surface area contributed by atoms with Gasteiger partial charge in [-0.05, 0) is 44.6 Å². The average Bonchev–Trinajstić information content (AvgIpc) is 2.51. The van der Waals surface area contributed by atoms with E-state index in [1.165, 1.54) is 0 Å². The molecular formula is C20H39NO3. The molecule has 4 heteroatoms. The maximum Gasteiger partial charge on any atom is 0.143 e. The quantitative estimate of drug-likeness (QED) is 0.263. The summed E-state index contributed by atoms with van der Waals surface area (Å²) < 4.78 is 0.429. The highest BCUT2D eigenvalue weighted by atomic mass is 16.4. The monoisotopic (exact) mass is 341 g/mol. The first-order valence-corrected chi connectivity index (χ1v) is 9.92. The third kappa shape index (κ3) is 11.5. The van der Waals surface area contributed by atoms with Crippen LogP contribution in [0.15, 0.2) is 11.8 Å². The van der Waals surface area contributed by atoms with Gasteiger partial charge >= 0.3 is 0 Å². The van der Waals surface area contributed by atoms with Crippen LogP contribution in [-0.4, -0.2) is 41.7 Å². The van der Waals surface area contributed by atoms with Gasteiger partial charge in [0.15, 0.2) is 0 Å². The predicted octanol–water partition coefficient (Wildman–Crippen LogP) is 3.96. The Bertz CT molecular complexity index is 343. The molecule has 0 aliphatic carbocycles. The molecule has 0 aromatic carbocycles. The molecule has 0 bridgehead atoms. The van der Waals surface area contributed by atoms with Crippen LogP contribution in [0.1, 0.15) is 85.0 Å². The van der Waals surface area contributed by atoms with E-state index in [9.17, 15) is 15.0 Å². The molecule has 0 saturated heterocycles. The summed E-state index contributed by atoms with van der Waals surface area (Å²) in [7, 11) is 0. The highest BCUT2D eigenvalue weighted by Crippen LogP contribution is 2.17.